The number of hydrogen-bond acceptors (Lipinski definition) is 3. The molecular formula is C16H23N3O. The fourth-order valence-corrected chi connectivity index (χ4v) is 3.29. The Kier molecular flexibility index (Phi) is 4.03. The molecule has 0 saturated heterocycles. The third kappa shape index (κ3) is 2.58. The average Bonchev–Trinajstić information content (AvgIpc) is 2.84. The Morgan fingerprint density at radius 3 is 3.00 bits per heavy atom. The van der Waals surface area contributed by atoms with E-state index in [9.17, 15) is 0 Å². The first-order chi connectivity index (χ1) is 9.79. The predicted molar refractivity (Wildman–Crippen MR) is 80.8 cm³/mol. The lowest BCUT2D eigenvalue weighted by molar-refractivity contribution is 0.186. The Hall–Kier alpha value is -1.39. The molecule has 1 aromatic carbocycles. The van der Waals surface area contributed by atoms with Gasteiger partial charge >= 0.3 is 0 Å². The van der Waals surface area contributed by atoms with E-state index in [1.165, 1.54) is 24.2 Å². The van der Waals surface area contributed by atoms with Gasteiger partial charge in [0, 0.05) is 25.6 Å². The first-order valence-corrected chi connectivity index (χ1v) is 7.49. The van der Waals surface area contributed by atoms with Crippen molar-refractivity contribution in [2.75, 3.05) is 13.7 Å². The smallest absolute Gasteiger partial charge is 0.113 e. The zero-order valence-corrected chi connectivity index (χ0v) is 12.1. The number of hydrogen-bond donors (Lipinski definition) is 1. The highest BCUT2D eigenvalue weighted by Gasteiger charge is 2.25. The van der Waals surface area contributed by atoms with E-state index in [0.29, 0.717) is 18.6 Å². The van der Waals surface area contributed by atoms with Crippen LogP contribution < -0.4 is 5.73 Å². The van der Waals surface area contributed by atoms with Crippen LogP contribution in [0.2, 0.25) is 0 Å². The summed E-state index contributed by atoms with van der Waals surface area (Å²) in [6.07, 6.45) is 4.61. The molecule has 4 nitrogen and oxygen atoms in total. The molecule has 0 radical (unpaired) electrons. The fraction of sp³-hybridized carbons (Fsp3) is 0.562. The second-order valence-electron chi connectivity index (χ2n) is 5.73. The molecule has 1 aromatic heterocycles. The van der Waals surface area contributed by atoms with Crippen molar-refractivity contribution >= 4 is 11.0 Å². The van der Waals surface area contributed by atoms with Gasteiger partial charge in [-0.1, -0.05) is 18.6 Å². The van der Waals surface area contributed by atoms with Crippen LogP contribution in [0, 0.1) is 0 Å². The van der Waals surface area contributed by atoms with Gasteiger partial charge in [0.2, 0.25) is 0 Å². The van der Waals surface area contributed by atoms with Gasteiger partial charge in [-0.3, -0.25) is 0 Å². The molecule has 3 rings (SSSR count). The van der Waals surface area contributed by atoms with E-state index < -0.39 is 0 Å². The molecule has 2 unspecified atom stereocenters. The Bertz CT molecular complexity index is 578. The number of nitrogens with zero attached hydrogens (tertiary/aromatic N) is 2. The summed E-state index contributed by atoms with van der Waals surface area (Å²) >= 11 is 0. The van der Waals surface area contributed by atoms with E-state index in [1.54, 1.807) is 7.11 Å². The molecule has 1 fully saturated rings. The van der Waals surface area contributed by atoms with Crippen LogP contribution >= 0.6 is 0 Å². The number of aromatic nitrogens is 2. The van der Waals surface area contributed by atoms with Crippen LogP contribution in [0.25, 0.3) is 11.0 Å². The normalized spacial score (nSPS) is 23.3. The van der Waals surface area contributed by atoms with Crippen molar-refractivity contribution in [1.82, 2.24) is 9.55 Å². The minimum Gasteiger partial charge on any atom is -0.383 e. The number of methoxy groups -OCH3 is 1. The summed E-state index contributed by atoms with van der Waals surface area (Å²) in [5.41, 5.74) is 8.43. The third-order valence-corrected chi connectivity index (χ3v) is 4.28. The molecule has 0 bridgehead atoms. The molecule has 108 valence electrons. The van der Waals surface area contributed by atoms with Crippen molar-refractivity contribution in [3.63, 3.8) is 0 Å². The van der Waals surface area contributed by atoms with Gasteiger partial charge < -0.3 is 15.0 Å². The van der Waals surface area contributed by atoms with Gasteiger partial charge in [-0.15, -0.1) is 0 Å². The number of para-hydroxylation sites is 2. The Morgan fingerprint density at radius 2 is 2.20 bits per heavy atom. The van der Waals surface area contributed by atoms with E-state index in [0.717, 1.165) is 24.9 Å². The third-order valence-electron chi connectivity index (χ3n) is 4.28. The Morgan fingerprint density at radius 1 is 1.35 bits per heavy atom. The summed E-state index contributed by atoms with van der Waals surface area (Å²) in [5, 5.41) is 0. The first-order valence-electron chi connectivity index (χ1n) is 7.49. The maximum atomic E-state index is 6.15. The standard InChI is InChI=1S/C16H23N3O/c1-20-10-9-19-15-8-3-2-7-14(15)18-16(19)12-5-4-6-13(17)11-12/h2-3,7-8,12-13H,4-6,9-11,17H2,1H3. The van der Waals surface area contributed by atoms with Crippen molar-refractivity contribution < 1.29 is 4.74 Å². The topological polar surface area (TPSA) is 53.1 Å². The molecule has 1 aliphatic carbocycles. The molecule has 20 heavy (non-hydrogen) atoms. The highest BCUT2D eigenvalue weighted by molar-refractivity contribution is 5.76. The lowest BCUT2D eigenvalue weighted by Gasteiger charge is -2.26. The van der Waals surface area contributed by atoms with Gasteiger partial charge in [0.05, 0.1) is 17.6 Å². The van der Waals surface area contributed by atoms with Crippen molar-refractivity contribution in [3.05, 3.63) is 30.1 Å². The molecule has 1 aliphatic rings. The van der Waals surface area contributed by atoms with Gasteiger partial charge in [-0.05, 0) is 31.4 Å². The van der Waals surface area contributed by atoms with E-state index in [-0.39, 0.29) is 0 Å². The van der Waals surface area contributed by atoms with Gasteiger partial charge in [0.15, 0.2) is 0 Å². The number of imidazole rings is 1. The summed E-state index contributed by atoms with van der Waals surface area (Å²) in [4.78, 5) is 4.88. The minimum atomic E-state index is 0.324. The molecule has 2 aromatic rings. The molecule has 0 spiro atoms. The van der Waals surface area contributed by atoms with Crippen LogP contribution in [-0.2, 0) is 11.3 Å². The molecule has 2 atom stereocenters. The monoisotopic (exact) mass is 273 g/mol. The summed E-state index contributed by atoms with van der Waals surface area (Å²) in [5.74, 6) is 1.68. The van der Waals surface area contributed by atoms with Crippen LogP contribution in [0.5, 0.6) is 0 Å². The fourth-order valence-electron chi connectivity index (χ4n) is 3.29. The van der Waals surface area contributed by atoms with Crippen molar-refractivity contribution in [2.45, 2.75) is 44.2 Å². The van der Waals surface area contributed by atoms with Gasteiger partial charge in [-0.2, -0.15) is 0 Å². The van der Waals surface area contributed by atoms with Crippen molar-refractivity contribution in [1.29, 1.82) is 0 Å². The highest BCUT2D eigenvalue weighted by Crippen LogP contribution is 2.33. The molecule has 2 N–H and O–H groups in total. The van der Waals surface area contributed by atoms with Gasteiger partial charge in [0.25, 0.3) is 0 Å². The van der Waals surface area contributed by atoms with Gasteiger partial charge in [-0.25, -0.2) is 4.98 Å². The van der Waals surface area contributed by atoms with E-state index in [2.05, 4.69) is 22.8 Å². The zero-order valence-electron chi connectivity index (χ0n) is 12.1. The van der Waals surface area contributed by atoms with Crippen LogP contribution in [0.1, 0.15) is 37.4 Å². The van der Waals surface area contributed by atoms with E-state index in [4.69, 9.17) is 15.5 Å². The highest BCUT2D eigenvalue weighted by atomic mass is 16.5. The largest absolute Gasteiger partial charge is 0.383 e. The first kappa shape index (κ1) is 13.6. The summed E-state index contributed by atoms with van der Waals surface area (Å²) in [6.45, 7) is 1.57. The Balaban J connectivity index is 1.99. The zero-order chi connectivity index (χ0) is 13.9. The lowest BCUT2D eigenvalue weighted by Crippen LogP contribution is -2.28. The van der Waals surface area contributed by atoms with E-state index in [1.807, 2.05) is 6.07 Å². The lowest BCUT2D eigenvalue weighted by atomic mass is 9.85. The van der Waals surface area contributed by atoms with E-state index >= 15 is 0 Å². The maximum Gasteiger partial charge on any atom is 0.113 e. The van der Waals surface area contributed by atoms with Gasteiger partial charge in [0.1, 0.15) is 5.82 Å². The molecule has 1 heterocycles. The second kappa shape index (κ2) is 5.94. The van der Waals surface area contributed by atoms with Crippen LogP contribution in [0.4, 0.5) is 0 Å². The predicted octanol–water partition coefficient (Wildman–Crippen LogP) is 2.67. The molecule has 0 aliphatic heterocycles. The second-order valence-corrected chi connectivity index (χ2v) is 5.73. The van der Waals surface area contributed by atoms with Crippen LogP contribution in [-0.4, -0.2) is 29.3 Å². The molecular weight excluding hydrogens is 250 g/mol. The molecule has 4 heteroatoms. The quantitative estimate of drug-likeness (QED) is 0.931. The van der Waals surface area contributed by atoms with Crippen molar-refractivity contribution in [3.8, 4) is 0 Å². The number of fused-ring (bicyclic) bond motifs is 1. The summed E-state index contributed by atoms with van der Waals surface area (Å²) in [6, 6.07) is 8.68. The number of ether oxygens (including phenoxy) is 1. The minimum absolute atomic E-state index is 0.324. The summed E-state index contributed by atoms with van der Waals surface area (Å²) in [7, 11) is 1.75. The molecule has 1 saturated carbocycles. The number of rotatable bonds is 4. The maximum absolute atomic E-state index is 6.15. The SMILES string of the molecule is COCCn1c(C2CCCC(N)C2)nc2ccccc21. The summed E-state index contributed by atoms with van der Waals surface area (Å²) < 4.78 is 7.58. The van der Waals surface area contributed by atoms with Crippen LogP contribution in [0.15, 0.2) is 24.3 Å². The molecule has 0 amide bonds. The number of nitrogens with two attached hydrogens (primary N) is 1. The Labute approximate surface area is 119 Å². The average molecular weight is 273 g/mol. The number of benzene rings is 1. The van der Waals surface area contributed by atoms with Crippen LogP contribution in [0.3, 0.4) is 0 Å². The van der Waals surface area contributed by atoms with Crippen molar-refractivity contribution in [2.24, 2.45) is 5.73 Å².